The summed E-state index contributed by atoms with van der Waals surface area (Å²) < 4.78 is 14.7. The number of aliphatic hydroxyl groups is 1. The minimum Gasteiger partial charge on any atom is -0.462 e. The molecule has 0 bridgehead atoms. The molecule has 0 aliphatic heterocycles. The average Bonchev–Trinajstić information content (AvgIpc) is 2.51. The zero-order valence-electron chi connectivity index (χ0n) is 12.7. The molecule has 1 rings (SSSR count). The first-order chi connectivity index (χ1) is 10.7. The number of carbonyl (C=O) groups excluding carboxylic acids is 2. The van der Waals surface area contributed by atoms with E-state index in [0.717, 1.165) is 25.7 Å². The third kappa shape index (κ3) is 7.08. The molecule has 0 saturated heterocycles. The fourth-order valence-corrected chi connectivity index (χ4v) is 1.72. The van der Waals surface area contributed by atoms with Gasteiger partial charge in [-0.2, -0.15) is 0 Å². The second-order valence-corrected chi connectivity index (χ2v) is 4.58. The largest absolute Gasteiger partial charge is 0.513 e. The van der Waals surface area contributed by atoms with Gasteiger partial charge in [-0.3, -0.25) is 0 Å². The Hall–Kier alpha value is -2.08. The van der Waals surface area contributed by atoms with Crippen molar-refractivity contribution in [3.8, 4) is 5.75 Å². The number of hydrogen-bond donors (Lipinski definition) is 1. The van der Waals surface area contributed by atoms with Gasteiger partial charge in [0.05, 0.1) is 18.8 Å². The standard InChI is InChI=1S/C16H22O6/c1-2-20-16(19)22-14-9-7-13(8-10-14)15(18)21-12-6-4-3-5-11-17/h7-10,17H,2-6,11-12H2,1H3. The molecule has 6 nitrogen and oxygen atoms in total. The van der Waals surface area contributed by atoms with Crippen molar-refractivity contribution >= 4 is 12.1 Å². The molecule has 0 spiro atoms. The lowest BCUT2D eigenvalue weighted by molar-refractivity contribution is 0.0497. The fourth-order valence-electron chi connectivity index (χ4n) is 1.72. The number of esters is 1. The quantitative estimate of drug-likeness (QED) is 0.429. The van der Waals surface area contributed by atoms with E-state index in [1.165, 1.54) is 24.3 Å². The summed E-state index contributed by atoms with van der Waals surface area (Å²) in [5.41, 5.74) is 0.395. The van der Waals surface area contributed by atoms with Crippen LogP contribution < -0.4 is 4.74 Å². The van der Waals surface area contributed by atoms with Crippen LogP contribution in [0.5, 0.6) is 5.75 Å². The Morgan fingerprint density at radius 3 is 2.32 bits per heavy atom. The number of unbranched alkanes of at least 4 members (excludes halogenated alkanes) is 3. The van der Waals surface area contributed by atoms with Gasteiger partial charge in [0.1, 0.15) is 5.75 Å². The molecule has 0 aromatic heterocycles. The second kappa shape index (κ2) is 10.6. The van der Waals surface area contributed by atoms with Crippen LogP contribution >= 0.6 is 0 Å². The van der Waals surface area contributed by atoms with E-state index in [9.17, 15) is 9.59 Å². The monoisotopic (exact) mass is 310 g/mol. The van der Waals surface area contributed by atoms with Crippen LogP contribution in [0.3, 0.4) is 0 Å². The first-order valence-corrected chi connectivity index (χ1v) is 7.40. The molecular formula is C16H22O6. The molecule has 0 radical (unpaired) electrons. The molecule has 0 unspecified atom stereocenters. The van der Waals surface area contributed by atoms with E-state index >= 15 is 0 Å². The van der Waals surface area contributed by atoms with Crippen molar-refractivity contribution < 1.29 is 28.9 Å². The summed E-state index contributed by atoms with van der Waals surface area (Å²) in [5.74, 6) is -0.108. The Morgan fingerprint density at radius 2 is 1.68 bits per heavy atom. The topological polar surface area (TPSA) is 82.1 Å². The third-order valence-corrected chi connectivity index (χ3v) is 2.84. The maximum absolute atomic E-state index is 11.8. The predicted molar refractivity (Wildman–Crippen MR) is 79.9 cm³/mol. The molecule has 122 valence electrons. The van der Waals surface area contributed by atoms with Crippen LogP contribution in [0.4, 0.5) is 4.79 Å². The van der Waals surface area contributed by atoms with Crippen molar-refractivity contribution in [2.45, 2.75) is 32.6 Å². The van der Waals surface area contributed by atoms with E-state index in [0.29, 0.717) is 17.9 Å². The molecule has 1 aromatic rings. The number of ether oxygens (including phenoxy) is 3. The van der Waals surface area contributed by atoms with Gasteiger partial charge in [0.15, 0.2) is 0 Å². The zero-order valence-corrected chi connectivity index (χ0v) is 12.7. The van der Waals surface area contributed by atoms with Gasteiger partial charge in [-0.1, -0.05) is 6.42 Å². The number of aliphatic hydroxyl groups excluding tert-OH is 1. The van der Waals surface area contributed by atoms with E-state index < -0.39 is 12.1 Å². The molecular weight excluding hydrogens is 288 g/mol. The molecule has 0 heterocycles. The van der Waals surface area contributed by atoms with Crippen molar-refractivity contribution in [1.82, 2.24) is 0 Å². The Morgan fingerprint density at radius 1 is 1.00 bits per heavy atom. The lowest BCUT2D eigenvalue weighted by atomic mass is 10.2. The minimum atomic E-state index is -0.777. The Balaban J connectivity index is 2.32. The first-order valence-electron chi connectivity index (χ1n) is 7.40. The number of carbonyl (C=O) groups is 2. The molecule has 0 saturated carbocycles. The highest BCUT2D eigenvalue weighted by molar-refractivity contribution is 5.89. The smallest absolute Gasteiger partial charge is 0.462 e. The van der Waals surface area contributed by atoms with E-state index in [4.69, 9.17) is 14.6 Å². The van der Waals surface area contributed by atoms with E-state index in [1.54, 1.807) is 6.92 Å². The SMILES string of the molecule is CCOC(=O)Oc1ccc(C(=O)OCCCCCCO)cc1. The molecule has 6 heteroatoms. The molecule has 0 aliphatic rings. The summed E-state index contributed by atoms with van der Waals surface area (Å²) in [6, 6.07) is 6.08. The van der Waals surface area contributed by atoms with Gasteiger partial charge in [-0.15, -0.1) is 0 Å². The molecule has 22 heavy (non-hydrogen) atoms. The van der Waals surface area contributed by atoms with Gasteiger partial charge < -0.3 is 19.3 Å². The van der Waals surface area contributed by atoms with Crippen LogP contribution in [-0.2, 0) is 9.47 Å². The number of hydrogen-bond acceptors (Lipinski definition) is 6. The Bertz CT molecular complexity index is 454. The molecule has 1 aromatic carbocycles. The maximum atomic E-state index is 11.8. The van der Waals surface area contributed by atoms with Gasteiger partial charge in [-0.05, 0) is 50.5 Å². The normalized spacial score (nSPS) is 10.1. The van der Waals surface area contributed by atoms with Gasteiger partial charge in [0.25, 0.3) is 0 Å². The summed E-state index contributed by atoms with van der Waals surface area (Å²) in [5, 5.41) is 8.64. The summed E-state index contributed by atoms with van der Waals surface area (Å²) in [6.45, 7) is 2.47. The van der Waals surface area contributed by atoms with Gasteiger partial charge in [-0.25, -0.2) is 9.59 Å². The number of benzene rings is 1. The molecule has 0 aliphatic carbocycles. The van der Waals surface area contributed by atoms with Crippen LogP contribution in [0.1, 0.15) is 43.0 Å². The summed E-state index contributed by atoms with van der Waals surface area (Å²) in [7, 11) is 0. The van der Waals surface area contributed by atoms with Gasteiger partial charge >= 0.3 is 12.1 Å². The van der Waals surface area contributed by atoms with Crippen molar-refractivity contribution in [3.05, 3.63) is 29.8 Å². The fraction of sp³-hybridized carbons (Fsp3) is 0.500. The maximum Gasteiger partial charge on any atom is 0.513 e. The molecule has 1 N–H and O–H groups in total. The van der Waals surface area contributed by atoms with Crippen molar-refractivity contribution in [2.24, 2.45) is 0 Å². The molecule has 0 amide bonds. The highest BCUT2D eigenvalue weighted by Gasteiger charge is 2.09. The van der Waals surface area contributed by atoms with E-state index in [2.05, 4.69) is 4.74 Å². The van der Waals surface area contributed by atoms with Crippen molar-refractivity contribution in [1.29, 1.82) is 0 Å². The summed E-state index contributed by atoms with van der Waals surface area (Å²) >= 11 is 0. The second-order valence-electron chi connectivity index (χ2n) is 4.58. The molecule has 0 fully saturated rings. The van der Waals surface area contributed by atoms with Crippen molar-refractivity contribution in [3.63, 3.8) is 0 Å². The lowest BCUT2D eigenvalue weighted by Gasteiger charge is -2.06. The van der Waals surface area contributed by atoms with Crippen LogP contribution in [-0.4, -0.2) is 37.1 Å². The third-order valence-electron chi connectivity index (χ3n) is 2.84. The van der Waals surface area contributed by atoms with Gasteiger partial charge in [0.2, 0.25) is 0 Å². The average molecular weight is 310 g/mol. The van der Waals surface area contributed by atoms with Crippen LogP contribution in [0, 0.1) is 0 Å². The summed E-state index contributed by atoms with van der Waals surface area (Å²) in [6.07, 6.45) is 2.61. The zero-order chi connectivity index (χ0) is 16.2. The molecule has 0 atom stereocenters. The Labute approximate surface area is 130 Å². The highest BCUT2D eigenvalue weighted by Crippen LogP contribution is 2.14. The Kier molecular flexibility index (Phi) is 8.67. The van der Waals surface area contributed by atoms with E-state index in [1.807, 2.05) is 0 Å². The van der Waals surface area contributed by atoms with Crippen LogP contribution in [0.2, 0.25) is 0 Å². The number of rotatable bonds is 9. The minimum absolute atomic E-state index is 0.194. The predicted octanol–water partition coefficient (Wildman–Crippen LogP) is 2.93. The summed E-state index contributed by atoms with van der Waals surface area (Å²) in [4.78, 5) is 22.9. The van der Waals surface area contributed by atoms with E-state index in [-0.39, 0.29) is 13.2 Å². The van der Waals surface area contributed by atoms with Crippen molar-refractivity contribution in [2.75, 3.05) is 19.8 Å². The highest BCUT2D eigenvalue weighted by atomic mass is 16.7. The van der Waals surface area contributed by atoms with Crippen LogP contribution in [0.15, 0.2) is 24.3 Å². The van der Waals surface area contributed by atoms with Crippen LogP contribution in [0.25, 0.3) is 0 Å². The first kappa shape index (κ1) is 18.0. The lowest BCUT2D eigenvalue weighted by Crippen LogP contribution is -2.10. The van der Waals surface area contributed by atoms with Gasteiger partial charge in [0, 0.05) is 6.61 Å².